The number of rotatable bonds is 4. The Kier molecular flexibility index (Phi) is 2.28. The molecule has 5 heteroatoms. The molecule has 0 bridgehead atoms. The lowest BCUT2D eigenvalue weighted by Crippen LogP contribution is -2.38. The molecule has 0 atom stereocenters. The van der Waals surface area contributed by atoms with E-state index in [1.807, 2.05) is 13.1 Å². The Morgan fingerprint density at radius 2 is 2.50 bits per heavy atom. The average Bonchev–Trinajstić information content (AvgIpc) is 2.83. The SMILES string of the molecule is Cc1cnsc1CNC1(C(=O)O)CC1. The van der Waals surface area contributed by atoms with Crippen LogP contribution in [0.25, 0.3) is 0 Å². The maximum absolute atomic E-state index is 10.9. The molecule has 0 aliphatic heterocycles. The Morgan fingerprint density at radius 1 is 1.79 bits per heavy atom. The van der Waals surface area contributed by atoms with Gasteiger partial charge in [-0.25, -0.2) is 4.37 Å². The Bertz CT molecular complexity index is 357. The van der Waals surface area contributed by atoms with Gasteiger partial charge in [0.1, 0.15) is 5.54 Å². The highest BCUT2D eigenvalue weighted by Crippen LogP contribution is 2.36. The molecule has 2 rings (SSSR count). The van der Waals surface area contributed by atoms with Crippen molar-refractivity contribution in [2.45, 2.75) is 31.8 Å². The second kappa shape index (κ2) is 3.33. The lowest BCUT2D eigenvalue weighted by Gasteiger charge is -2.10. The molecular formula is C9H12N2O2S. The van der Waals surface area contributed by atoms with Crippen LogP contribution < -0.4 is 5.32 Å². The third kappa shape index (κ3) is 1.65. The number of carboxylic acid groups (broad SMARTS) is 1. The molecule has 4 nitrogen and oxygen atoms in total. The van der Waals surface area contributed by atoms with Crippen LogP contribution in [-0.2, 0) is 11.3 Å². The molecule has 1 saturated carbocycles. The zero-order valence-corrected chi connectivity index (χ0v) is 8.73. The van der Waals surface area contributed by atoms with Crippen LogP contribution in [0.4, 0.5) is 0 Å². The van der Waals surface area contributed by atoms with Crippen LogP contribution in [-0.4, -0.2) is 21.0 Å². The fourth-order valence-electron chi connectivity index (χ4n) is 1.33. The molecule has 0 amide bonds. The minimum Gasteiger partial charge on any atom is -0.480 e. The van der Waals surface area contributed by atoms with Crippen molar-refractivity contribution in [3.63, 3.8) is 0 Å². The highest BCUT2D eigenvalue weighted by Gasteiger charge is 2.49. The maximum Gasteiger partial charge on any atom is 0.323 e. The zero-order valence-electron chi connectivity index (χ0n) is 7.91. The highest BCUT2D eigenvalue weighted by molar-refractivity contribution is 7.05. The van der Waals surface area contributed by atoms with E-state index in [4.69, 9.17) is 5.11 Å². The van der Waals surface area contributed by atoms with E-state index in [-0.39, 0.29) is 0 Å². The van der Waals surface area contributed by atoms with E-state index < -0.39 is 11.5 Å². The monoisotopic (exact) mass is 212 g/mol. The molecule has 1 aliphatic carbocycles. The van der Waals surface area contributed by atoms with Crippen LogP contribution in [0, 0.1) is 6.92 Å². The standard InChI is InChI=1S/C9H12N2O2S/c1-6-4-11-14-7(6)5-10-9(2-3-9)8(12)13/h4,10H,2-3,5H2,1H3,(H,12,13). The quantitative estimate of drug-likeness (QED) is 0.786. The average molecular weight is 212 g/mol. The summed E-state index contributed by atoms with van der Waals surface area (Å²) in [4.78, 5) is 12.0. The molecule has 1 aromatic heterocycles. The smallest absolute Gasteiger partial charge is 0.323 e. The van der Waals surface area contributed by atoms with Gasteiger partial charge in [0, 0.05) is 17.6 Å². The lowest BCUT2D eigenvalue weighted by atomic mass is 10.2. The van der Waals surface area contributed by atoms with Crippen molar-refractivity contribution in [3.05, 3.63) is 16.6 Å². The van der Waals surface area contributed by atoms with E-state index >= 15 is 0 Å². The van der Waals surface area contributed by atoms with Crippen molar-refractivity contribution in [2.24, 2.45) is 0 Å². The summed E-state index contributed by atoms with van der Waals surface area (Å²) in [6.07, 6.45) is 3.28. The number of aryl methyl sites for hydroxylation is 1. The van der Waals surface area contributed by atoms with Gasteiger partial charge in [-0.2, -0.15) is 0 Å². The number of hydrogen-bond acceptors (Lipinski definition) is 4. The molecule has 76 valence electrons. The first kappa shape index (κ1) is 9.61. The molecule has 1 aromatic rings. The molecule has 0 saturated heterocycles. The number of nitrogens with one attached hydrogen (secondary N) is 1. The Balaban J connectivity index is 1.95. The van der Waals surface area contributed by atoms with Gasteiger partial charge in [-0.15, -0.1) is 0 Å². The van der Waals surface area contributed by atoms with E-state index in [0.717, 1.165) is 23.3 Å². The molecule has 1 fully saturated rings. The third-order valence-corrected chi connectivity index (χ3v) is 3.49. The summed E-state index contributed by atoms with van der Waals surface area (Å²) >= 11 is 1.42. The summed E-state index contributed by atoms with van der Waals surface area (Å²) in [5.74, 6) is -0.736. The second-order valence-electron chi connectivity index (χ2n) is 3.67. The van der Waals surface area contributed by atoms with Gasteiger partial charge in [0.15, 0.2) is 0 Å². The molecule has 14 heavy (non-hydrogen) atoms. The molecule has 0 aromatic carbocycles. The van der Waals surface area contributed by atoms with E-state index in [2.05, 4.69) is 9.69 Å². The van der Waals surface area contributed by atoms with Gasteiger partial charge < -0.3 is 5.11 Å². The maximum atomic E-state index is 10.9. The Labute approximate surface area is 86.1 Å². The number of aliphatic carboxylic acids is 1. The summed E-state index contributed by atoms with van der Waals surface area (Å²) in [6.45, 7) is 2.60. The van der Waals surface area contributed by atoms with Crippen molar-refractivity contribution < 1.29 is 9.90 Å². The summed E-state index contributed by atoms with van der Waals surface area (Å²) in [5, 5.41) is 12.0. The third-order valence-electron chi connectivity index (χ3n) is 2.60. The van der Waals surface area contributed by atoms with Gasteiger partial charge in [0.25, 0.3) is 0 Å². The molecule has 0 spiro atoms. The minimum absolute atomic E-state index is 0.614. The van der Waals surface area contributed by atoms with Crippen molar-refractivity contribution in [1.29, 1.82) is 0 Å². The second-order valence-corrected chi connectivity index (χ2v) is 4.56. The van der Waals surface area contributed by atoms with E-state index in [1.54, 1.807) is 0 Å². The molecule has 0 radical (unpaired) electrons. The van der Waals surface area contributed by atoms with Gasteiger partial charge in [0.2, 0.25) is 0 Å². The number of carboxylic acids is 1. The van der Waals surface area contributed by atoms with Gasteiger partial charge in [-0.1, -0.05) is 0 Å². The summed E-state index contributed by atoms with van der Waals surface area (Å²) in [6, 6.07) is 0. The predicted octanol–water partition coefficient (Wildman–Crippen LogP) is 1.16. The highest BCUT2D eigenvalue weighted by atomic mass is 32.1. The van der Waals surface area contributed by atoms with Crippen molar-refractivity contribution >= 4 is 17.5 Å². The normalized spacial score (nSPS) is 18.1. The molecule has 1 heterocycles. The molecule has 0 unspecified atom stereocenters. The topological polar surface area (TPSA) is 62.2 Å². The van der Waals surface area contributed by atoms with Crippen LogP contribution >= 0.6 is 11.5 Å². The Hall–Kier alpha value is -0.940. The summed E-state index contributed by atoms with van der Waals surface area (Å²) in [7, 11) is 0. The van der Waals surface area contributed by atoms with Crippen LogP contribution in [0.15, 0.2) is 6.20 Å². The lowest BCUT2D eigenvalue weighted by molar-refractivity contribution is -0.140. The van der Waals surface area contributed by atoms with Crippen LogP contribution in [0.5, 0.6) is 0 Å². The number of carbonyl (C=O) groups is 1. The summed E-state index contributed by atoms with van der Waals surface area (Å²) < 4.78 is 4.04. The van der Waals surface area contributed by atoms with Gasteiger partial charge in [0.05, 0.1) is 0 Å². The molecular weight excluding hydrogens is 200 g/mol. The van der Waals surface area contributed by atoms with Gasteiger partial charge in [-0.05, 0) is 36.9 Å². The fraction of sp³-hybridized carbons (Fsp3) is 0.556. The Morgan fingerprint density at radius 3 is 2.93 bits per heavy atom. The van der Waals surface area contributed by atoms with Gasteiger partial charge in [-0.3, -0.25) is 10.1 Å². The van der Waals surface area contributed by atoms with Crippen LogP contribution in [0.1, 0.15) is 23.3 Å². The number of nitrogens with zero attached hydrogens (tertiary/aromatic N) is 1. The van der Waals surface area contributed by atoms with Crippen LogP contribution in [0.2, 0.25) is 0 Å². The van der Waals surface area contributed by atoms with Crippen LogP contribution in [0.3, 0.4) is 0 Å². The summed E-state index contributed by atoms with van der Waals surface area (Å²) in [5.41, 5.74) is 0.486. The number of aromatic nitrogens is 1. The predicted molar refractivity (Wildman–Crippen MR) is 53.3 cm³/mol. The minimum atomic E-state index is -0.736. The first-order chi connectivity index (χ1) is 6.64. The zero-order chi connectivity index (χ0) is 10.2. The van der Waals surface area contributed by atoms with E-state index in [0.29, 0.717) is 6.54 Å². The first-order valence-corrected chi connectivity index (χ1v) is 5.30. The number of hydrogen-bond donors (Lipinski definition) is 2. The molecule has 1 aliphatic rings. The van der Waals surface area contributed by atoms with E-state index in [1.165, 1.54) is 11.5 Å². The van der Waals surface area contributed by atoms with Crippen molar-refractivity contribution in [2.75, 3.05) is 0 Å². The van der Waals surface area contributed by atoms with Gasteiger partial charge >= 0.3 is 5.97 Å². The fourth-order valence-corrected chi connectivity index (χ4v) is 2.00. The first-order valence-electron chi connectivity index (χ1n) is 4.53. The van der Waals surface area contributed by atoms with E-state index in [9.17, 15) is 4.79 Å². The van der Waals surface area contributed by atoms with Crippen molar-refractivity contribution in [1.82, 2.24) is 9.69 Å². The largest absolute Gasteiger partial charge is 0.480 e. The molecule has 2 N–H and O–H groups in total. The van der Waals surface area contributed by atoms with Crippen molar-refractivity contribution in [3.8, 4) is 0 Å².